The zero-order chi connectivity index (χ0) is 29.4. The van der Waals surface area contributed by atoms with Crippen LogP contribution in [0.25, 0.3) is 11.1 Å². The lowest BCUT2D eigenvalue weighted by Crippen LogP contribution is -2.50. The van der Waals surface area contributed by atoms with Crippen molar-refractivity contribution in [3.63, 3.8) is 0 Å². The van der Waals surface area contributed by atoms with Crippen LogP contribution in [-0.4, -0.2) is 59.9 Å². The number of hydrogen-bond donors (Lipinski definition) is 2. The molecule has 8 nitrogen and oxygen atoms in total. The average Bonchev–Trinajstić information content (AvgIpc) is 3.37. The fourth-order valence-corrected chi connectivity index (χ4v) is 5.53. The summed E-state index contributed by atoms with van der Waals surface area (Å²) in [5.74, 6) is -3.25. The first-order chi connectivity index (χ1) is 19.1. The number of rotatable bonds is 12. The summed E-state index contributed by atoms with van der Waals surface area (Å²) in [6.07, 6.45) is 2.57. The van der Waals surface area contributed by atoms with Crippen molar-refractivity contribution >= 4 is 17.8 Å². The van der Waals surface area contributed by atoms with E-state index in [0.29, 0.717) is 31.5 Å². The first kappa shape index (κ1) is 33.8. The molecule has 10 heteroatoms. The Labute approximate surface area is 242 Å². The number of ether oxygens (including phenoxy) is 1. The fourth-order valence-electron chi connectivity index (χ4n) is 5.53. The number of esters is 1. The van der Waals surface area contributed by atoms with E-state index in [1.807, 2.05) is 39.0 Å². The van der Waals surface area contributed by atoms with Gasteiger partial charge in [-0.25, -0.2) is 8.78 Å². The van der Waals surface area contributed by atoms with Gasteiger partial charge < -0.3 is 25.7 Å². The van der Waals surface area contributed by atoms with Gasteiger partial charge >= 0.3 is 5.97 Å². The molecular weight excluding hydrogens is 532 g/mol. The number of amides is 2. The quantitative estimate of drug-likeness (QED) is 0.359. The monoisotopic (exact) mass is 577 g/mol. The molecule has 0 unspecified atom stereocenters. The van der Waals surface area contributed by atoms with E-state index in [-0.39, 0.29) is 37.4 Å². The Bertz CT molecular complexity index is 1210. The molecule has 2 aromatic carbocycles. The lowest BCUT2D eigenvalue weighted by Gasteiger charge is -2.28. The summed E-state index contributed by atoms with van der Waals surface area (Å²) in [4.78, 5) is 39.8. The molecule has 0 radical (unpaired) electrons. The first-order valence-corrected chi connectivity index (χ1v) is 14.1. The van der Waals surface area contributed by atoms with Gasteiger partial charge in [-0.2, -0.15) is 0 Å². The first-order valence-electron chi connectivity index (χ1n) is 14.1. The molecule has 228 valence electrons. The Hall–Kier alpha value is -3.37. The molecule has 4 N–H and O–H groups in total. The van der Waals surface area contributed by atoms with Crippen LogP contribution >= 0.6 is 0 Å². The molecule has 0 aromatic heterocycles. The fraction of sp³-hybridized carbons (Fsp3) is 0.516. The number of nitrogens with zero attached hydrogens (tertiary/aromatic N) is 1. The topological polar surface area (TPSA) is 119 Å². The molecule has 0 bridgehead atoms. The van der Waals surface area contributed by atoms with Crippen LogP contribution in [0.15, 0.2) is 30.3 Å². The molecule has 1 saturated heterocycles. The number of aryl methyl sites for hydroxylation is 2. The average molecular weight is 578 g/mol. The molecule has 1 aliphatic rings. The van der Waals surface area contributed by atoms with E-state index in [0.717, 1.165) is 35.6 Å². The summed E-state index contributed by atoms with van der Waals surface area (Å²) >= 11 is 0. The Morgan fingerprint density at radius 3 is 2.44 bits per heavy atom. The minimum atomic E-state index is -1.15. The van der Waals surface area contributed by atoms with Gasteiger partial charge in [-0.3, -0.25) is 14.4 Å². The van der Waals surface area contributed by atoms with E-state index in [1.54, 1.807) is 11.8 Å². The standard InChI is InChI=1S/C31H41F2N3O4.H2O.H2/c1-6-10-26(34-18-23-13-9-14-36(23)21(5)37)31(39)35-27(17-28(38)40-7-2)24-15-22(16-25(32)30(24)33)29-19(3)11-8-12-20(29)4;;/h8,11-12,15-16,23,26-27,34H,6-7,9-10,13-14,17-18H2,1-5H3,(H,35,39);1H2;1H/t23-,26+,27+;;/m1../s1. The van der Waals surface area contributed by atoms with Gasteiger partial charge in [0.2, 0.25) is 11.8 Å². The summed E-state index contributed by atoms with van der Waals surface area (Å²) in [7, 11) is 0. The molecule has 2 aromatic rings. The summed E-state index contributed by atoms with van der Waals surface area (Å²) in [5.41, 5.74) is 2.89. The highest BCUT2D eigenvalue weighted by molar-refractivity contribution is 5.83. The predicted octanol–water partition coefficient (Wildman–Crippen LogP) is 4.55. The Morgan fingerprint density at radius 2 is 1.83 bits per heavy atom. The van der Waals surface area contributed by atoms with E-state index in [9.17, 15) is 18.8 Å². The molecule has 1 heterocycles. The van der Waals surface area contributed by atoms with Crippen molar-refractivity contribution in [3.8, 4) is 11.1 Å². The van der Waals surface area contributed by atoms with Gasteiger partial charge in [-0.05, 0) is 74.4 Å². The maximum absolute atomic E-state index is 15.3. The van der Waals surface area contributed by atoms with E-state index >= 15 is 4.39 Å². The van der Waals surface area contributed by atoms with Crippen molar-refractivity contribution in [3.05, 3.63) is 58.7 Å². The van der Waals surface area contributed by atoms with Crippen LogP contribution in [0.1, 0.15) is 77.0 Å². The number of carbonyl (C=O) groups is 3. The molecule has 41 heavy (non-hydrogen) atoms. The molecule has 3 rings (SSSR count). The van der Waals surface area contributed by atoms with Crippen LogP contribution in [0.3, 0.4) is 0 Å². The van der Waals surface area contributed by atoms with Crippen LogP contribution < -0.4 is 10.6 Å². The molecule has 0 saturated carbocycles. The second-order valence-corrected chi connectivity index (χ2v) is 10.5. The molecule has 1 aliphatic heterocycles. The van der Waals surface area contributed by atoms with Crippen molar-refractivity contribution in [1.82, 2.24) is 15.5 Å². The Kier molecular flexibility index (Phi) is 12.9. The van der Waals surface area contributed by atoms with Crippen LogP contribution in [0.2, 0.25) is 0 Å². The third-order valence-corrected chi connectivity index (χ3v) is 7.47. The van der Waals surface area contributed by atoms with Gasteiger partial charge in [-0.15, -0.1) is 0 Å². The van der Waals surface area contributed by atoms with E-state index < -0.39 is 35.6 Å². The molecule has 3 atom stereocenters. The second kappa shape index (κ2) is 15.6. The van der Waals surface area contributed by atoms with Gasteiger partial charge in [0, 0.05) is 33.0 Å². The zero-order valence-electron chi connectivity index (χ0n) is 24.6. The Morgan fingerprint density at radius 1 is 1.15 bits per heavy atom. The van der Waals surface area contributed by atoms with E-state index in [2.05, 4.69) is 10.6 Å². The van der Waals surface area contributed by atoms with Crippen molar-refractivity contribution < 1.29 is 34.8 Å². The largest absolute Gasteiger partial charge is 0.466 e. The maximum atomic E-state index is 15.3. The highest BCUT2D eigenvalue weighted by atomic mass is 19.2. The molecule has 2 amide bonds. The third-order valence-electron chi connectivity index (χ3n) is 7.47. The maximum Gasteiger partial charge on any atom is 0.308 e. The molecule has 1 fully saturated rings. The van der Waals surface area contributed by atoms with Gasteiger partial charge in [0.25, 0.3) is 0 Å². The van der Waals surface area contributed by atoms with Crippen LogP contribution in [0, 0.1) is 25.5 Å². The number of hydrogen-bond acceptors (Lipinski definition) is 5. The van der Waals surface area contributed by atoms with Gasteiger partial charge in [0.05, 0.1) is 25.1 Å². The number of carbonyl (C=O) groups excluding carboxylic acids is 3. The van der Waals surface area contributed by atoms with E-state index in [1.165, 1.54) is 13.0 Å². The van der Waals surface area contributed by atoms with Crippen molar-refractivity contribution in [2.24, 2.45) is 0 Å². The third kappa shape index (κ3) is 8.56. The van der Waals surface area contributed by atoms with Crippen LogP contribution in [-0.2, 0) is 19.1 Å². The normalized spacial score (nSPS) is 16.1. The molecule has 0 aliphatic carbocycles. The van der Waals surface area contributed by atoms with Crippen LogP contribution in [0.4, 0.5) is 8.78 Å². The molecular formula is C31H45F2N3O5. The highest BCUT2D eigenvalue weighted by Crippen LogP contribution is 2.33. The number of halogens is 2. The summed E-state index contributed by atoms with van der Waals surface area (Å²) in [5, 5.41) is 6.07. The van der Waals surface area contributed by atoms with E-state index in [4.69, 9.17) is 4.74 Å². The highest BCUT2D eigenvalue weighted by Gasteiger charge is 2.30. The lowest BCUT2D eigenvalue weighted by atomic mass is 9.92. The minimum Gasteiger partial charge on any atom is -0.466 e. The summed E-state index contributed by atoms with van der Waals surface area (Å²) < 4.78 is 35.4. The van der Waals surface area contributed by atoms with Gasteiger partial charge in [-0.1, -0.05) is 31.5 Å². The number of nitrogens with one attached hydrogen (secondary N) is 2. The Balaban J connectivity index is 0.00000441. The smallest absolute Gasteiger partial charge is 0.308 e. The summed E-state index contributed by atoms with van der Waals surface area (Å²) in [6.45, 7) is 10.2. The lowest BCUT2D eigenvalue weighted by molar-refractivity contribution is -0.144. The molecule has 0 spiro atoms. The number of benzene rings is 2. The number of likely N-dealkylation sites (tertiary alicyclic amines) is 1. The minimum absolute atomic E-state index is 0. The second-order valence-electron chi connectivity index (χ2n) is 10.5. The van der Waals surface area contributed by atoms with Gasteiger partial charge in [0.1, 0.15) is 0 Å². The van der Waals surface area contributed by atoms with Crippen molar-refractivity contribution in [2.45, 2.75) is 84.8 Å². The zero-order valence-corrected chi connectivity index (χ0v) is 24.6. The van der Waals surface area contributed by atoms with Crippen molar-refractivity contribution in [2.75, 3.05) is 19.7 Å². The van der Waals surface area contributed by atoms with Crippen LogP contribution in [0.5, 0.6) is 0 Å². The van der Waals surface area contributed by atoms with Crippen molar-refractivity contribution in [1.29, 1.82) is 0 Å². The predicted molar refractivity (Wildman–Crippen MR) is 156 cm³/mol. The SMILES string of the molecule is CCC[C@H](NC[C@H]1CCCN1C(C)=O)C(=O)N[C@@H](CC(=O)OCC)c1cc(-c2c(C)cccc2C)cc(F)c1F.O.[HH]. The van der Waals surface area contributed by atoms with Gasteiger partial charge in [0.15, 0.2) is 11.6 Å². The summed E-state index contributed by atoms with van der Waals surface area (Å²) in [6, 6.07) is 6.51.